The standard InChI is InChI=1S/C20H21ClFN3O7S/c1-5-30-15(26)10(2)31-16(27)20(6-7-20)32-14-9-13(12(22)8-11(14)21)25-17(28)23(3)19(33)24(4)18(25)29/h8-10H,5-7H2,1-4H3. The number of aromatic nitrogens is 3. The first kappa shape index (κ1) is 24.6. The minimum absolute atomic E-state index is 0.0532. The number of ether oxygens (including phenoxy) is 3. The number of halogens is 2. The molecule has 1 heterocycles. The van der Waals surface area contributed by atoms with E-state index in [0.717, 1.165) is 21.3 Å². The van der Waals surface area contributed by atoms with E-state index < -0.39 is 46.5 Å². The molecule has 1 aliphatic carbocycles. The first-order chi connectivity index (χ1) is 15.4. The van der Waals surface area contributed by atoms with Crippen LogP contribution in [-0.4, -0.2) is 44.0 Å². The van der Waals surface area contributed by atoms with E-state index in [1.54, 1.807) is 6.92 Å². The third-order valence-corrected chi connectivity index (χ3v) is 5.90. The third kappa shape index (κ3) is 4.58. The van der Waals surface area contributed by atoms with Crippen molar-refractivity contribution in [1.29, 1.82) is 0 Å². The summed E-state index contributed by atoms with van der Waals surface area (Å²) in [6, 6.07) is 1.91. The fraction of sp³-hybridized carbons (Fsp3) is 0.450. The lowest BCUT2D eigenvalue weighted by atomic mass is 10.2. The second kappa shape index (κ2) is 9.10. The molecule has 1 fully saturated rings. The van der Waals surface area contributed by atoms with Crippen molar-refractivity contribution in [3.05, 3.63) is 48.7 Å². The van der Waals surface area contributed by atoms with Gasteiger partial charge in [0.05, 0.1) is 17.3 Å². The fourth-order valence-corrected chi connectivity index (χ4v) is 3.34. The van der Waals surface area contributed by atoms with E-state index in [1.807, 2.05) is 0 Å². The second-order valence-corrected chi connectivity index (χ2v) is 8.20. The van der Waals surface area contributed by atoms with Gasteiger partial charge in [-0.15, -0.1) is 0 Å². The number of hydrogen-bond donors (Lipinski definition) is 0. The van der Waals surface area contributed by atoms with Gasteiger partial charge in [0, 0.05) is 33.0 Å². The molecule has 1 saturated carbocycles. The van der Waals surface area contributed by atoms with E-state index in [1.165, 1.54) is 21.0 Å². The van der Waals surface area contributed by atoms with Gasteiger partial charge in [0.15, 0.2) is 10.9 Å². The highest BCUT2D eigenvalue weighted by Crippen LogP contribution is 2.44. The van der Waals surface area contributed by atoms with E-state index in [2.05, 4.69) is 0 Å². The molecule has 33 heavy (non-hydrogen) atoms. The molecule has 178 valence electrons. The Kier molecular flexibility index (Phi) is 6.80. The van der Waals surface area contributed by atoms with Gasteiger partial charge in [0.2, 0.25) is 5.60 Å². The molecule has 13 heteroatoms. The molecule has 1 aromatic carbocycles. The van der Waals surface area contributed by atoms with E-state index in [0.29, 0.717) is 4.57 Å². The summed E-state index contributed by atoms with van der Waals surface area (Å²) in [6.07, 6.45) is -0.645. The van der Waals surface area contributed by atoms with Crippen molar-refractivity contribution in [1.82, 2.24) is 13.7 Å². The van der Waals surface area contributed by atoms with E-state index >= 15 is 0 Å². The van der Waals surface area contributed by atoms with Gasteiger partial charge in [-0.1, -0.05) is 11.6 Å². The van der Waals surface area contributed by atoms with Crippen molar-refractivity contribution in [3.8, 4) is 11.4 Å². The third-order valence-electron chi connectivity index (χ3n) is 5.06. The van der Waals surface area contributed by atoms with Crippen molar-refractivity contribution in [2.24, 2.45) is 14.1 Å². The average Bonchev–Trinajstić information content (AvgIpc) is 3.55. The molecule has 0 saturated heterocycles. The molecule has 0 amide bonds. The molecule has 3 rings (SSSR count). The molecule has 0 N–H and O–H groups in total. The van der Waals surface area contributed by atoms with Gasteiger partial charge in [-0.3, -0.25) is 9.13 Å². The number of benzene rings is 1. The van der Waals surface area contributed by atoms with Crippen LogP contribution in [0.3, 0.4) is 0 Å². The van der Waals surface area contributed by atoms with Crippen LogP contribution in [0.25, 0.3) is 5.69 Å². The Balaban J connectivity index is 1.98. The fourth-order valence-electron chi connectivity index (χ4n) is 2.99. The number of esters is 2. The van der Waals surface area contributed by atoms with Crippen LogP contribution >= 0.6 is 23.8 Å². The zero-order valence-electron chi connectivity index (χ0n) is 18.2. The summed E-state index contributed by atoms with van der Waals surface area (Å²) in [6.45, 7) is 3.10. The number of rotatable bonds is 7. The number of carbonyl (C=O) groups is 2. The molecular formula is C20H21ClFN3O7S. The lowest BCUT2D eigenvalue weighted by molar-refractivity contribution is -0.172. The molecule has 1 unspecified atom stereocenters. The lowest BCUT2D eigenvalue weighted by Gasteiger charge is -2.21. The van der Waals surface area contributed by atoms with Crippen molar-refractivity contribution in [3.63, 3.8) is 0 Å². The predicted molar refractivity (Wildman–Crippen MR) is 117 cm³/mol. The maximum absolute atomic E-state index is 14.8. The van der Waals surface area contributed by atoms with Crippen LogP contribution in [0.5, 0.6) is 5.75 Å². The molecule has 2 aromatic rings. The van der Waals surface area contributed by atoms with Crippen LogP contribution in [0.2, 0.25) is 5.02 Å². The van der Waals surface area contributed by atoms with E-state index in [9.17, 15) is 23.6 Å². The zero-order valence-corrected chi connectivity index (χ0v) is 19.8. The summed E-state index contributed by atoms with van der Waals surface area (Å²) >= 11 is 11.1. The van der Waals surface area contributed by atoms with Gasteiger partial charge >= 0.3 is 23.3 Å². The first-order valence-corrected chi connectivity index (χ1v) is 10.7. The highest BCUT2D eigenvalue weighted by Gasteiger charge is 2.55. The normalized spacial score (nSPS) is 15.0. The summed E-state index contributed by atoms with van der Waals surface area (Å²) in [7, 11) is 2.68. The van der Waals surface area contributed by atoms with E-state index in [-0.39, 0.29) is 35.0 Å². The quantitative estimate of drug-likeness (QED) is 0.417. The van der Waals surface area contributed by atoms with E-state index in [4.69, 9.17) is 38.0 Å². The maximum atomic E-state index is 14.8. The van der Waals surface area contributed by atoms with Gasteiger partial charge < -0.3 is 14.2 Å². The molecule has 0 aliphatic heterocycles. The van der Waals surface area contributed by atoms with Gasteiger partial charge in [0.1, 0.15) is 11.6 Å². The van der Waals surface area contributed by atoms with Crippen LogP contribution in [0.1, 0.15) is 26.7 Å². The monoisotopic (exact) mass is 501 g/mol. The van der Waals surface area contributed by atoms with Crippen LogP contribution in [0.15, 0.2) is 21.7 Å². The summed E-state index contributed by atoms with van der Waals surface area (Å²) in [5.41, 5.74) is -3.63. The Morgan fingerprint density at radius 1 is 1.21 bits per heavy atom. The highest BCUT2D eigenvalue weighted by molar-refractivity contribution is 7.71. The zero-order chi connectivity index (χ0) is 24.7. The summed E-state index contributed by atoms with van der Waals surface area (Å²) in [5.74, 6) is -2.64. The van der Waals surface area contributed by atoms with Crippen molar-refractivity contribution in [2.75, 3.05) is 6.61 Å². The average molecular weight is 502 g/mol. The van der Waals surface area contributed by atoms with Crippen molar-refractivity contribution < 1.29 is 28.2 Å². The molecule has 1 atom stereocenters. The van der Waals surface area contributed by atoms with Crippen molar-refractivity contribution in [2.45, 2.75) is 38.4 Å². The Morgan fingerprint density at radius 3 is 2.30 bits per heavy atom. The van der Waals surface area contributed by atoms with Crippen LogP contribution in [0.4, 0.5) is 4.39 Å². The minimum atomic E-state index is -1.44. The van der Waals surface area contributed by atoms with Gasteiger partial charge in [0.25, 0.3) is 0 Å². The Hall–Kier alpha value is -2.99. The van der Waals surface area contributed by atoms with Gasteiger partial charge in [-0.2, -0.15) is 0 Å². The number of nitrogens with zero attached hydrogens (tertiary/aromatic N) is 3. The molecule has 0 spiro atoms. The van der Waals surface area contributed by atoms with Crippen molar-refractivity contribution >= 4 is 35.8 Å². The molecule has 10 nitrogen and oxygen atoms in total. The topological polar surface area (TPSA) is 111 Å². The lowest BCUT2D eigenvalue weighted by Crippen LogP contribution is -2.43. The Morgan fingerprint density at radius 2 is 1.79 bits per heavy atom. The molecule has 0 bridgehead atoms. The largest absolute Gasteiger partial charge is 0.474 e. The van der Waals surface area contributed by atoms with Crippen LogP contribution in [-0.2, 0) is 33.2 Å². The Bertz CT molecular complexity index is 1270. The summed E-state index contributed by atoms with van der Waals surface area (Å²) in [4.78, 5) is 49.7. The van der Waals surface area contributed by atoms with Gasteiger partial charge in [-0.25, -0.2) is 28.1 Å². The maximum Gasteiger partial charge on any atom is 0.351 e. The predicted octanol–water partition coefficient (Wildman–Crippen LogP) is 1.80. The molecule has 1 aliphatic rings. The SMILES string of the molecule is CCOC(=O)C(C)OC(=O)C1(Oc2cc(-n3c(=O)n(C)c(=S)n(C)c3=O)c(F)cc2Cl)CC1. The molecular weight excluding hydrogens is 481 g/mol. The summed E-state index contributed by atoms with van der Waals surface area (Å²) < 4.78 is 33.0. The Labute approximate surface area is 197 Å². The second-order valence-electron chi connectivity index (χ2n) is 7.43. The number of hydrogen-bond acceptors (Lipinski definition) is 8. The van der Waals surface area contributed by atoms with Gasteiger partial charge in [-0.05, 0) is 32.1 Å². The smallest absolute Gasteiger partial charge is 0.351 e. The molecule has 0 radical (unpaired) electrons. The minimum Gasteiger partial charge on any atom is -0.474 e. The first-order valence-electron chi connectivity index (χ1n) is 9.88. The highest BCUT2D eigenvalue weighted by atomic mass is 35.5. The van der Waals surface area contributed by atoms with Crippen LogP contribution in [0, 0.1) is 10.6 Å². The number of carbonyl (C=O) groups excluding carboxylic acids is 2. The molecule has 1 aromatic heterocycles. The summed E-state index contributed by atoms with van der Waals surface area (Å²) in [5, 5.41) is -0.192. The van der Waals surface area contributed by atoms with Crippen LogP contribution < -0.4 is 16.1 Å².